The van der Waals surface area contributed by atoms with Crippen LogP contribution in [0.3, 0.4) is 0 Å². The van der Waals surface area contributed by atoms with Crippen LogP contribution >= 0.6 is 0 Å². The van der Waals surface area contributed by atoms with Crippen LogP contribution in [-0.2, 0) is 0 Å². The van der Waals surface area contributed by atoms with Crippen LogP contribution in [0.4, 0.5) is 41.6 Å². The van der Waals surface area contributed by atoms with Crippen molar-refractivity contribution in [3.63, 3.8) is 0 Å². The van der Waals surface area contributed by atoms with E-state index in [1.54, 1.807) is 13.1 Å². The van der Waals surface area contributed by atoms with E-state index in [0.717, 1.165) is 17.1 Å². The molecule has 146 valence electrons. The van der Waals surface area contributed by atoms with Gasteiger partial charge in [-0.05, 0) is 55.3 Å². The number of piperidine rings is 1. The van der Waals surface area contributed by atoms with Crippen molar-refractivity contribution in [2.45, 2.75) is 19.0 Å². The second-order valence-corrected chi connectivity index (χ2v) is 6.86. The molecule has 1 aliphatic heterocycles. The van der Waals surface area contributed by atoms with Crippen molar-refractivity contribution < 1.29 is 13.2 Å². The molecule has 0 spiro atoms. The molecular formula is C19H24F3N5. The summed E-state index contributed by atoms with van der Waals surface area (Å²) in [5, 5.41) is 4.73. The maximum atomic E-state index is 12.8. The van der Waals surface area contributed by atoms with Crippen LogP contribution in [0.2, 0.25) is 0 Å². The van der Waals surface area contributed by atoms with Crippen molar-refractivity contribution >= 4 is 28.4 Å². The average Bonchev–Trinajstić information content (AvgIpc) is 2.63. The van der Waals surface area contributed by atoms with E-state index in [1.807, 2.05) is 41.3 Å². The Labute approximate surface area is 156 Å². The molecule has 2 aromatic rings. The summed E-state index contributed by atoms with van der Waals surface area (Å²) < 4.78 is 38.4. The molecule has 5 N–H and O–H groups in total. The molecule has 1 fully saturated rings. The van der Waals surface area contributed by atoms with Gasteiger partial charge in [-0.25, -0.2) is 5.84 Å². The molecule has 8 heteroatoms. The highest BCUT2D eigenvalue weighted by Crippen LogP contribution is 2.35. The van der Waals surface area contributed by atoms with E-state index in [0.29, 0.717) is 24.5 Å². The van der Waals surface area contributed by atoms with Gasteiger partial charge >= 0.3 is 6.18 Å². The summed E-state index contributed by atoms with van der Waals surface area (Å²) >= 11 is 0. The number of nitrogens with zero attached hydrogens (tertiary/aromatic N) is 2. The first-order valence-corrected chi connectivity index (χ1v) is 8.81. The average molecular weight is 379 g/mol. The van der Waals surface area contributed by atoms with Gasteiger partial charge in [0.25, 0.3) is 0 Å². The molecule has 27 heavy (non-hydrogen) atoms. The Balaban J connectivity index is 1.64. The molecule has 0 bridgehead atoms. The van der Waals surface area contributed by atoms with E-state index in [2.05, 4.69) is 5.32 Å². The highest BCUT2D eigenvalue weighted by Gasteiger charge is 2.41. The lowest BCUT2D eigenvalue weighted by atomic mass is 9.96. The highest BCUT2D eigenvalue weighted by molar-refractivity contribution is 5.74. The summed E-state index contributed by atoms with van der Waals surface area (Å²) in [6.07, 6.45) is -3.80. The largest absolute Gasteiger partial charge is 0.397 e. The first kappa shape index (κ1) is 19.2. The molecule has 1 heterocycles. The van der Waals surface area contributed by atoms with Crippen molar-refractivity contribution in [2.75, 3.05) is 41.1 Å². The number of nitrogen functional groups attached to an aromatic ring is 1. The third-order valence-corrected chi connectivity index (χ3v) is 4.89. The zero-order valence-corrected chi connectivity index (χ0v) is 15.1. The summed E-state index contributed by atoms with van der Waals surface area (Å²) in [5.41, 5.74) is 9.84. The number of hydrogen-bond donors (Lipinski definition) is 3. The van der Waals surface area contributed by atoms with Gasteiger partial charge in [0, 0.05) is 37.2 Å². The number of hydrazine groups is 1. The number of anilines is 5. The van der Waals surface area contributed by atoms with Crippen molar-refractivity contribution in [2.24, 2.45) is 11.8 Å². The fourth-order valence-electron chi connectivity index (χ4n) is 3.31. The zero-order chi connectivity index (χ0) is 19.6. The minimum Gasteiger partial charge on any atom is -0.397 e. The number of alkyl halides is 3. The fourth-order valence-corrected chi connectivity index (χ4v) is 3.31. The predicted octanol–water partition coefficient (Wildman–Crippen LogP) is 4.10. The van der Waals surface area contributed by atoms with Crippen LogP contribution < -0.4 is 26.8 Å². The topological polar surface area (TPSA) is 70.5 Å². The lowest BCUT2D eigenvalue weighted by Crippen LogP contribution is -2.38. The third kappa shape index (κ3) is 4.57. The van der Waals surface area contributed by atoms with Crippen LogP contribution in [-0.4, -0.2) is 26.3 Å². The van der Waals surface area contributed by atoms with Crippen LogP contribution in [0, 0.1) is 5.92 Å². The second kappa shape index (κ2) is 7.56. The van der Waals surface area contributed by atoms with E-state index < -0.39 is 12.1 Å². The molecule has 5 nitrogen and oxygen atoms in total. The molecule has 0 atom stereocenters. The van der Waals surface area contributed by atoms with Crippen LogP contribution in [0.1, 0.15) is 12.8 Å². The summed E-state index contributed by atoms with van der Waals surface area (Å²) in [6, 6.07) is 13.2. The molecule has 0 aliphatic carbocycles. The molecule has 0 radical (unpaired) electrons. The lowest BCUT2D eigenvalue weighted by Gasteiger charge is -2.34. The van der Waals surface area contributed by atoms with Gasteiger partial charge < -0.3 is 21.0 Å². The molecule has 1 saturated heterocycles. The van der Waals surface area contributed by atoms with Gasteiger partial charge in [0.1, 0.15) is 0 Å². The molecule has 0 unspecified atom stereocenters. The minimum absolute atomic E-state index is 0.143. The van der Waals surface area contributed by atoms with E-state index in [-0.39, 0.29) is 12.8 Å². The minimum atomic E-state index is -4.09. The van der Waals surface area contributed by atoms with Crippen LogP contribution in [0.25, 0.3) is 0 Å². The summed E-state index contributed by atoms with van der Waals surface area (Å²) in [6.45, 7) is 0.836. The van der Waals surface area contributed by atoms with Crippen molar-refractivity contribution in [3.05, 3.63) is 42.5 Å². The Morgan fingerprint density at radius 2 is 1.63 bits per heavy atom. The Kier molecular flexibility index (Phi) is 5.36. The standard InChI is InChI=1S/C19H24F3N5/c1-26(24)18-12-15(4-7-17(18)23)25-14-2-5-16(6-3-14)27-10-8-13(9-11-27)19(20,21)22/h2-7,12-13,25H,8-11,23-24H2,1H3. The number of nitrogens with two attached hydrogens (primary N) is 2. The zero-order valence-electron chi connectivity index (χ0n) is 15.1. The molecule has 0 aromatic heterocycles. The first-order chi connectivity index (χ1) is 12.7. The normalized spacial score (nSPS) is 15.7. The molecular weight excluding hydrogens is 355 g/mol. The highest BCUT2D eigenvalue weighted by atomic mass is 19.4. The Hall–Kier alpha value is -2.61. The van der Waals surface area contributed by atoms with Gasteiger partial charge in [0.05, 0.1) is 17.3 Å². The maximum absolute atomic E-state index is 12.8. The number of benzene rings is 2. The predicted molar refractivity (Wildman–Crippen MR) is 104 cm³/mol. The number of hydrogen-bond acceptors (Lipinski definition) is 5. The number of halogens is 3. The SMILES string of the molecule is CN(N)c1cc(Nc2ccc(N3CCC(C(F)(F)F)CC3)cc2)ccc1N. The second-order valence-electron chi connectivity index (χ2n) is 6.86. The van der Waals surface area contributed by atoms with E-state index in [4.69, 9.17) is 11.6 Å². The first-order valence-electron chi connectivity index (χ1n) is 8.81. The Morgan fingerprint density at radius 3 is 2.19 bits per heavy atom. The number of nitrogens with one attached hydrogen (secondary N) is 1. The van der Waals surface area contributed by atoms with Gasteiger partial charge in [-0.3, -0.25) is 0 Å². The van der Waals surface area contributed by atoms with Crippen molar-refractivity contribution in [1.29, 1.82) is 0 Å². The summed E-state index contributed by atoms with van der Waals surface area (Å²) in [5.74, 6) is 4.58. The fraction of sp³-hybridized carbons (Fsp3) is 0.368. The lowest BCUT2D eigenvalue weighted by molar-refractivity contribution is -0.179. The van der Waals surface area contributed by atoms with E-state index >= 15 is 0 Å². The smallest absolute Gasteiger partial charge is 0.391 e. The Bertz CT molecular complexity index is 766. The van der Waals surface area contributed by atoms with Gasteiger partial charge in [-0.2, -0.15) is 13.2 Å². The van der Waals surface area contributed by atoms with Gasteiger partial charge in [0.15, 0.2) is 0 Å². The van der Waals surface area contributed by atoms with Crippen LogP contribution in [0.15, 0.2) is 42.5 Å². The molecule has 0 saturated carbocycles. The van der Waals surface area contributed by atoms with Crippen LogP contribution in [0.5, 0.6) is 0 Å². The molecule has 1 aliphatic rings. The monoisotopic (exact) mass is 379 g/mol. The van der Waals surface area contributed by atoms with E-state index in [1.165, 1.54) is 5.01 Å². The number of rotatable bonds is 4. The van der Waals surface area contributed by atoms with Gasteiger partial charge in [-0.15, -0.1) is 0 Å². The maximum Gasteiger partial charge on any atom is 0.391 e. The quantitative estimate of drug-likeness (QED) is 0.424. The molecule has 2 aromatic carbocycles. The van der Waals surface area contributed by atoms with Crippen molar-refractivity contribution in [3.8, 4) is 0 Å². The van der Waals surface area contributed by atoms with Gasteiger partial charge in [0.2, 0.25) is 0 Å². The summed E-state index contributed by atoms with van der Waals surface area (Å²) in [7, 11) is 1.71. The third-order valence-electron chi connectivity index (χ3n) is 4.89. The molecule has 0 amide bonds. The van der Waals surface area contributed by atoms with E-state index in [9.17, 15) is 13.2 Å². The van der Waals surface area contributed by atoms with Crippen molar-refractivity contribution in [1.82, 2.24) is 0 Å². The Morgan fingerprint density at radius 1 is 1.04 bits per heavy atom. The summed E-state index contributed by atoms with van der Waals surface area (Å²) in [4.78, 5) is 2.00. The molecule has 3 rings (SSSR count). The van der Waals surface area contributed by atoms with Gasteiger partial charge in [-0.1, -0.05) is 0 Å².